The second-order valence-electron chi connectivity index (χ2n) is 6.05. The van der Waals surface area contributed by atoms with Crippen molar-refractivity contribution in [2.45, 2.75) is 30.8 Å². The van der Waals surface area contributed by atoms with Gasteiger partial charge in [0, 0.05) is 30.0 Å². The van der Waals surface area contributed by atoms with Crippen LogP contribution in [0.25, 0.3) is 5.69 Å². The first-order valence-electron chi connectivity index (χ1n) is 8.81. The predicted octanol–water partition coefficient (Wildman–Crippen LogP) is 3.63. The molecule has 0 bridgehead atoms. The predicted molar refractivity (Wildman–Crippen MR) is 106 cm³/mol. The third kappa shape index (κ3) is 5.17. The molecule has 0 aliphatic carbocycles. The fraction of sp³-hybridized carbons (Fsp3) is 0.211. The maximum Gasteiger partial charge on any atom is 0.269 e. The lowest BCUT2D eigenvalue weighted by atomic mass is 10.2. The molecule has 29 heavy (non-hydrogen) atoms. The molecule has 0 atom stereocenters. The number of rotatable bonds is 8. The fourth-order valence-corrected chi connectivity index (χ4v) is 3.45. The number of hydrogen-bond acceptors (Lipinski definition) is 6. The van der Waals surface area contributed by atoms with E-state index < -0.39 is 4.92 Å². The third-order valence-electron chi connectivity index (χ3n) is 4.07. The minimum absolute atomic E-state index is 0.0248. The highest BCUT2D eigenvalue weighted by Crippen LogP contribution is 2.26. The zero-order valence-electron chi connectivity index (χ0n) is 15.5. The molecular formula is C19H18FN5O3S. The van der Waals surface area contributed by atoms with Crippen LogP contribution in [0.2, 0.25) is 0 Å². The van der Waals surface area contributed by atoms with Crippen molar-refractivity contribution in [3.05, 3.63) is 75.9 Å². The summed E-state index contributed by atoms with van der Waals surface area (Å²) in [5, 5.41) is 22.6. The Balaban J connectivity index is 1.88. The quantitative estimate of drug-likeness (QED) is 0.342. The molecule has 1 aromatic heterocycles. The number of hydrogen-bond donors (Lipinski definition) is 1. The van der Waals surface area contributed by atoms with Gasteiger partial charge in [-0.1, -0.05) is 30.8 Å². The number of halogens is 1. The highest BCUT2D eigenvalue weighted by atomic mass is 32.2. The molecule has 1 heterocycles. The number of aromatic nitrogens is 3. The van der Waals surface area contributed by atoms with Gasteiger partial charge in [0.25, 0.3) is 5.69 Å². The van der Waals surface area contributed by atoms with E-state index in [4.69, 9.17) is 0 Å². The molecule has 0 saturated heterocycles. The maximum atomic E-state index is 13.1. The molecule has 1 N–H and O–H groups in total. The van der Waals surface area contributed by atoms with Crippen LogP contribution in [0.3, 0.4) is 0 Å². The lowest BCUT2D eigenvalue weighted by Gasteiger charge is -2.11. The van der Waals surface area contributed by atoms with Crippen LogP contribution in [0.5, 0.6) is 0 Å². The van der Waals surface area contributed by atoms with Gasteiger partial charge in [-0.25, -0.2) is 4.39 Å². The summed E-state index contributed by atoms with van der Waals surface area (Å²) in [4.78, 5) is 22.1. The van der Waals surface area contributed by atoms with Crippen LogP contribution in [0.4, 0.5) is 10.1 Å². The average Bonchev–Trinajstić information content (AvgIpc) is 3.14. The van der Waals surface area contributed by atoms with E-state index in [0.29, 0.717) is 28.8 Å². The van der Waals surface area contributed by atoms with Gasteiger partial charge in [0.1, 0.15) is 5.82 Å². The molecular weight excluding hydrogens is 397 g/mol. The molecule has 8 nitrogen and oxygen atoms in total. The molecule has 0 fully saturated rings. The van der Waals surface area contributed by atoms with Crippen LogP contribution in [0.1, 0.15) is 24.7 Å². The normalized spacial score (nSPS) is 10.7. The van der Waals surface area contributed by atoms with Crippen molar-refractivity contribution >= 4 is 23.4 Å². The monoisotopic (exact) mass is 415 g/mol. The lowest BCUT2D eigenvalue weighted by Crippen LogP contribution is -2.23. The first kappa shape index (κ1) is 20.5. The molecule has 3 rings (SSSR count). The first-order valence-corrected chi connectivity index (χ1v) is 9.79. The van der Waals surface area contributed by atoms with Crippen molar-refractivity contribution in [3.63, 3.8) is 0 Å². The summed E-state index contributed by atoms with van der Waals surface area (Å²) in [7, 11) is 0. The molecule has 2 aromatic carbocycles. The van der Waals surface area contributed by atoms with Crippen molar-refractivity contribution in [2.75, 3.05) is 0 Å². The number of nitro benzene ring substituents is 1. The zero-order valence-corrected chi connectivity index (χ0v) is 16.4. The minimum atomic E-state index is -0.470. The number of non-ortho nitro benzene ring substituents is 1. The summed E-state index contributed by atoms with van der Waals surface area (Å²) in [5.74, 6) is 0.611. The molecule has 0 aliphatic heterocycles. The Bertz CT molecular complexity index is 1010. The summed E-state index contributed by atoms with van der Waals surface area (Å²) < 4.78 is 14.8. The standard InChI is InChI=1S/C19H18FN5O3S/c1-2-18(26)21-11-17-22-23-19(29-12-13-3-5-14(20)6-4-13)24(17)15-7-9-16(10-8-15)25(27)28/h3-10H,2,11-12H2,1H3,(H,21,26). The number of amides is 1. The van der Waals surface area contributed by atoms with Gasteiger partial charge in [-0.15, -0.1) is 10.2 Å². The Labute approximate surface area is 170 Å². The largest absolute Gasteiger partial charge is 0.349 e. The van der Waals surface area contributed by atoms with Crippen molar-refractivity contribution in [2.24, 2.45) is 0 Å². The summed E-state index contributed by atoms with van der Waals surface area (Å²) in [6, 6.07) is 12.2. The van der Waals surface area contributed by atoms with Crippen LogP contribution >= 0.6 is 11.8 Å². The number of carbonyl (C=O) groups excluding carboxylic acids is 1. The second-order valence-corrected chi connectivity index (χ2v) is 7.00. The maximum absolute atomic E-state index is 13.1. The number of nitrogens with one attached hydrogen (secondary N) is 1. The molecule has 0 aliphatic rings. The Morgan fingerprint density at radius 2 is 1.86 bits per heavy atom. The number of nitro groups is 1. The molecule has 10 heteroatoms. The molecule has 1 amide bonds. The summed E-state index contributed by atoms with van der Waals surface area (Å²) in [6.07, 6.45) is 0.345. The van der Waals surface area contributed by atoms with Gasteiger partial charge in [-0.05, 0) is 29.8 Å². The summed E-state index contributed by atoms with van der Waals surface area (Å²) in [5.41, 5.74) is 1.53. The lowest BCUT2D eigenvalue weighted by molar-refractivity contribution is -0.384. The Hall–Kier alpha value is -3.27. The second kappa shape index (κ2) is 9.28. The molecule has 0 saturated carbocycles. The van der Waals surface area contributed by atoms with Crippen LogP contribution in [0.15, 0.2) is 53.7 Å². The van der Waals surface area contributed by atoms with Crippen molar-refractivity contribution in [1.29, 1.82) is 0 Å². The molecule has 0 spiro atoms. The van der Waals surface area contributed by atoms with Crippen LogP contribution in [-0.2, 0) is 17.1 Å². The Kier molecular flexibility index (Phi) is 6.55. The zero-order chi connectivity index (χ0) is 20.8. The first-order chi connectivity index (χ1) is 14.0. The molecule has 150 valence electrons. The fourth-order valence-electron chi connectivity index (χ4n) is 2.52. The minimum Gasteiger partial charge on any atom is -0.349 e. The molecule has 0 unspecified atom stereocenters. The van der Waals surface area contributed by atoms with E-state index in [9.17, 15) is 19.3 Å². The van der Waals surface area contributed by atoms with Gasteiger partial charge in [-0.2, -0.15) is 0 Å². The van der Waals surface area contributed by atoms with Crippen molar-refractivity contribution in [3.8, 4) is 5.69 Å². The van der Waals surface area contributed by atoms with Gasteiger partial charge in [0.2, 0.25) is 5.91 Å². The van der Waals surface area contributed by atoms with E-state index >= 15 is 0 Å². The van der Waals surface area contributed by atoms with Crippen LogP contribution < -0.4 is 5.32 Å². The SMILES string of the molecule is CCC(=O)NCc1nnc(SCc2ccc(F)cc2)n1-c1ccc([N+](=O)[O-])cc1. The van der Waals surface area contributed by atoms with Gasteiger partial charge in [0.15, 0.2) is 11.0 Å². The van der Waals surface area contributed by atoms with Gasteiger partial charge in [0.05, 0.1) is 11.5 Å². The Morgan fingerprint density at radius 3 is 2.48 bits per heavy atom. The summed E-state index contributed by atoms with van der Waals surface area (Å²) >= 11 is 1.39. The van der Waals surface area contributed by atoms with E-state index in [1.165, 1.54) is 36.0 Å². The Morgan fingerprint density at radius 1 is 1.17 bits per heavy atom. The van der Waals surface area contributed by atoms with Crippen molar-refractivity contribution < 1.29 is 14.1 Å². The smallest absolute Gasteiger partial charge is 0.269 e. The van der Waals surface area contributed by atoms with E-state index in [1.807, 2.05) is 0 Å². The topological polar surface area (TPSA) is 103 Å². The highest BCUT2D eigenvalue weighted by Gasteiger charge is 2.16. The van der Waals surface area contributed by atoms with Crippen LogP contribution in [0, 0.1) is 15.9 Å². The number of carbonyl (C=O) groups is 1. The average molecular weight is 415 g/mol. The van der Waals surface area contributed by atoms with Gasteiger partial charge >= 0.3 is 0 Å². The number of benzene rings is 2. The van der Waals surface area contributed by atoms with Gasteiger partial charge in [-0.3, -0.25) is 19.5 Å². The van der Waals surface area contributed by atoms with E-state index in [2.05, 4.69) is 15.5 Å². The number of nitrogens with zero attached hydrogens (tertiary/aromatic N) is 4. The third-order valence-corrected chi connectivity index (χ3v) is 5.07. The summed E-state index contributed by atoms with van der Waals surface area (Å²) in [6.45, 7) is 1.92. The number of thioether (sulfide) groups is 1. The van der Waals surface area contributed by atoms with E-state index in [-0.39, 0.29) is 24.0 Å². The van der Waals surface area contributed by atoms with E-state index in [0.717, 1.165) is 5.56 Å². The van der Waals surface area contributed by atoms with Crippen LogP contribution in [-0.4, -0.2) is 25.6 Å². The van der Waals surface area contributed by atoms with E-state index in [1.54, 1.807) is 35.8 Å². The molecule has 0 radical (unpaired) electrons. The molecule has 3 aromatic rings. The van der Waals surface area contributed by atoms with Crippen molar-refractivity contribution in [1.82, 2.24) is 20.1 Å². The highest BCUT2D eigenvalue weighted by molar-refractivity contribution is 7.98. The van der Waals surface area contributed by atoms with Gasteiger partial charge < -0.3 is 5.32 Å².